The minimum atomic E-state index is -3.55. The molecule has 0 saturated carbocycles. The summed E-state index contributed by atoms with van der Waals surface area (Å²) in [5.41, 5.74) is 0. The van der Waals surface area contributed by atoms with Crippen molar-refractivity contribution in [2.75, 3.05) is 20.1 Å². The monoisotopic (exact) mass is 286 g/mol. The van der Waals surface area contributed by atoms with Crippen LogP contribution in [-0.4, -0.2) is 32.9 Å². The summed E-state index contributed by atoms with van der Waals surface area (Å²) in [6.07, 6.45) is 1.53. The van der Waals surface area contributed by atoms with Gasteiger partial charge in [-0.25, -0.2) is 8.42 Å². The number of nitrogens with one attached hydrogen (secondary N) is 1. The second kappa shape index (κ2) is 6.88. The second-order valence-corrected chi connectivity index (χ2v) is 6.80. The highest BCUT2D eigenvalue weighted by molar-refractivity contribution is 7.89. The van der Waals surface area contributed by atoms with E-state index in [0.29, 0.717) is 18.2 Å². The average Bonchev–Trinajstić information content (AvgIpc) is 2.78. The first-order valence-electron chi connectivity index (χ1n) is 6.24. The first kappa shape index (κ1) is 15.9. The number of rotatable bonds is 8. The fourth-order valence-corrected chi connectivity index (χ4v) is 2.57. The van der Waals surface area contributed by atoms with Gasteiger partial charge in [0.15, 0.2) is 0 Å². The Kier molecular flexibility index (Phi) is 5.78. The molecule has 0 aliphatic carbocycles. The smallest absolute Gasteiger partial charge is 0.276 e. The van der Waals surface area contributed by atoms with Crippen LogP contribution < -0.4 is 5.32 Å². The minimum Gasteiger partial charge on any atom is -0.447 e. The lowest BCUT2D eigenvalue weighted by Gasteiger charge is -2.12. The lowest BCUT2D eigenvalue weighted by atomic mass is 10.2. The molecule has 0 spiro atoms. The van der Waals surface area contributed by atoms with Crippen molar-refractivity contribution in [3.63, 3.8) is 0 Å². The highest BCUT2D eigenvalue weighted by atomic mass is 32.2. The Labute approximate surface area is 115 Å². The zero-order valence-electron chi connectivity index (χ0n) is 11.7. The normalized spacial score (nSPS) is 12.3. The predicted octanol–water partition coefficient (Wildman–Crippen LogP) is 1.83. The van der Waals surface area contributed by atoms with Crippen molar-refractivity contribution in [2.24, 2.45) is 5.92 Å². The van der Waals surface area contributed by atoms with Crippen LogP contribution in [-0.2, 0) is 16.6 Å². The molecule has 0 unspecified atom stereocenters. The molecule has 0 aliphatic rings. The first-order valence-corrected chi connectivity index (χ1v) is 7.68. The van der Waals surface area contributed by atoms with Gasteiger partial charge in [-0.1, -0.05) is 19.9 Å². The summed E-state index contributed by atoms with van der Waals surface area (Å²) in [6, 6.07) is 3.17. The van der Waals surface area contributed by atoms with Gasteiger partial charge in [0.2, 0.25) is 5.09 Å². The molecule has 0 aromatic carbocycles. The Morgan fingerprint density at radius 3 is 2.74 bits per heavy atom. The number of hydrogen-bond acceptors (Lipinski definition) is 4. The van der Waals surface area contributed by atoms with Crippen molar-refractivity contribution in [2.45, 2.75) is 25.5 Å². The molecule has 1 aromatic rings. The van der Waals surface area contributed by atoms with Crippen molar-refractivity contribution in [1.29, 1.82) is 0 Å². The molecule has 1 heterocycles. The van der Waals surface area contributed by atoms with Gasteiger partial charge >= 0.3 is 0 Å². The number of hydrogen-bond donors (Lipinski definition) is 1. The molecule has 0 atom stereocenters. The fourth-order valence-electron chi connectivity index (χ4n) is 1.51. The van der Waals surface area contributed by atoms with Crippen molar-refractivity contribution < 1.29 is 12.8 Å². The fraction of sp³-hybridized carbons (Fsp3) is 0.538. The van der Waals surface area contributed by atoms with E-state index in [1.807, 2.05) is 0 Å². The summed E-state index contributed by atoms with van der Waals surface area (Å²) < 4.78 is 30.7. The Balaban J connectivity index is 2.70. The van der Waals surface area contributed by atoms with Gasteiger partial charge in [0.1, 0.15) is 5.76 Å². The SMILES string of the molecule is C=CCN(C)S(=O)(=O)c1ccc(CNCC(C)C)o1. The minimum absolute atomic E-state index is 0.0294. The highest BCUT2D eigenvalue weighted by Crippen LogP contribution is 2.17. The van der Waals surface area contributed by atoms with Crippen LogP contribution in [0.5, 0.6) is 0 Å². The number of likely N-dealkylation sites (N-methyl/N-ethyl adjacent to an activating group) is 1. The van der Waals surface area contributed by atoms with Gasteiger partial charge in [-0.15, -0.1) is 6.58 Å². The van der Waals surface area contributed by atoms with E-state index in [-0.39, 0.29) is 11.6 Å². The summed E-state index contributed by atoms with van der Waals surface area (Å²) >= 11 is 0. The molecule has 108 valence electrons. The van der Waals surface area contributed by atoms with Crippen molar-refractivity contribution in [1.82, 2.24) is 9.62 Å². The molecule has 1 rings (SSSR count). The van der Waals surface area contributed by atoms with E-state index in [1.54, 1.807) is 6.07 Å². The number of nitrogens with zero attached hydrogens (tertiary/aromatic N) is 1. The topological polar surface area (TPSA) is 62.6 Å². The van der Waals surface area contributed by atoms with Crippen LogP contribution in [0.2, 0.25) is 0 Å². The van der Waals surface area contributed by atoms with Gasteiger partial charge in [0.25, 0.3) is 10.0 Å². The van der Waals surface area contributed by atoms with E-state index < -0.39 is 10.0 Å². The van der Waals surface area contributed by atoms with E-state index in [2.05, 4.69) is 25.7 Å². The second-order valence-electron chi connectivity index (χ2n) is 4.82. The van der Waals surface area contributed by atoms with Crippen molar-refractivity contribution in [3.8, 4) is 0 Å². The molecule has 19 heavy (non-hydrogen) atoms. The lowest BCUT2D eigenvalue weighted by molar-refractivity contribution is 0.382. The maximum absolute atomic E-state index is 12.1. The van der Waals surface area contributed by atoms with Gasteiger partial charge in [0.05, 0.1) is 6.54 Å². The van der Waals surface area contributed by atoms with Gasteiger partial charge in [-0.05, 0) is 24.6 Å². The zero-order chi connectivity index (χ0) is 14.5. The number of sulfonamides is 1. The van der Waals surface area contributed by atoms with E-state index >= 15 is 0 Å². The van der Waals surface area contributed by atoms with Crippen molar-refractivity contribution >= 4 is 10.0 Å². The van der Waals surface area contributed by atoms with E-state index in [1.165, 1.54) is 23.5 Å². The van der Waals surface area contributed by atoms with Crippen LogP contribution in [0.15, 0.2) is 34.3 Å². The van der Waals surface area contributed by atoms with Crippen molar-refractivity contribution in [3.05, 3.63) is 30.5 Å². The quantitative estimate of drug-likeness (QED) is 0.741. The van der Waals surface area contributed by atoms with Crippen LogP contribution in [0.3, 0.4) is 0 Å². The van der Waals surface area contributed by atoms with Gasteiger partial charge in [0, 0.05) is 13.6 Å². The summed E-state index contributed by atoms with van der Waals surface area (Å²) in [7, 11) is -2.06. The standard InChI is InChI=1S/C13H22N2O3S/c1-5-8-15(4)19(16,17)13-7-6-12(18-13)10-14-9-11(2)3/h5-7,11,14H,1,8-10H2,2-4H3. The maximum atomic E-state index is 12.1. The first-order chi connectivity index (χ1) is 8.87. The third kappa shape index (κ3) is 4.49. The van der Waals surface area contributed by atoms with Crippen LogP contribution in [0.25, 0.3) is 0 Å². The third-order valence-corrected chi connectivity index (χ3v) is 4.24. The van der Waals surface area contributed by atoms with Crippen LogP contribution in [0, 0.1) is 5.92 Å². The molecular formula is C13H22N2O3S. The summed E-state index contributed by atoms with van der Waals surface area (Å²) in [4.78, 5) is 0. The molecule has 0 saturated heterocycles. The molecule has 0 bridgehead atoms. The third-order valence-electron chi connectivity index (χ3n) is 2.54. The van der Waals surface area contributed by atoms with Gasteiger partial charge in [-0.2, -0.15) is 4.31 Å². The Morgan fingerprint density at radius 2 is 2.16 bits per heavy atom. The van der Waals surface area contributed by atoms with Gasteiger partial charge < -0.3 is 9.73 Å². The summed E-state index contributed by atoms with van der Waals surface area (Å²) in [5.74, 6) is 1.16. The number of furan rings is 1. The Hall–Kier alpha value is -1.11. The lowest BCUT2D eigenvalue weighted by Crippen LogP contribution is -2.26. The Bertz CT molecular complexity index is 506. The molecule has 0 fully saturated rings. The molecular weight excluding hydrogens is 264 g/mol. The highest BCUT2D eigenvalue weighted by Gasteiger charge is 2.23. The molecule has 0 aliphatic heterocycles. The molecule has 1 N–H and O–H groups in total. The van der Waals surface area contributed by atoms with Gasteiger partial charge in [-0.3, -0.25) is 0 Å². The van der Waals surface area contributed by atoms with E-state index in [4.69, 9.17) is 4.42 Å². The van der Waals surface area contributed by atoms with Crippen LogP contribution in [0.1, 0.15) is 19.6 Å². The van der Waals surface area contributed by atoms with E-state index in [0.717, 1.165) is 6.54 Å². The molecule has 6 heteroatoms. The van der Waals surface area contributed by atoms with Crippen LogP contribution >= 0.6 is 0 Å². The summed E-state index contributed by atoms with van der Waals surface area (Å²) in [5, 5.41) is 3.17. The zero-order valence-corrected chi connectivity index (χ0v) is 12.5. The largest absolute Gasteiger partial charge is 0.447 e. The summed E-state index contributed by atoms with van der Waals surface area (Å²) in [6.45, 7) is 9.38. The average molecular weight is 286 g/mol. The molecule has 0 radical (unpaired) electrons. The van der Waals surface area contributed by atoms with Crippen LogP contribution in [0.4, 0.5) is 0 Å². The molecule has 0 amide bonds. The van der Waals surface area contributed by atoms with E-state index in [9.17, 15) is 8.42 Å². The predicted molar refractivity (Wildman–Crippen MR) is 75.3 cm³/mol. The maximum Gasteiger partial charge on any atom is 0.276 e. The molecule has 5 nitrogen and oxygen atoms in total. The Morgan fingerprint density at radius 1 is 1.47 bits per heavy atom. The molecule has 1 aromatic heterocycles.